The molecule has 0 aliphatic rings. The number of carbonyl (C=O) groups is 1. The summed E-state index contributed by atoms with van der Waals surface area (Å²) in [5.74, 6) is -0.615. The Morgan fingerprint density at radius 1 is 1.33 bits per heavy atom. The van der Waals surface area contributed by atoms with Crippen LogP contribution in [0.1, 0.15) is 21.8 Å². The molecule has 6 nitrogen and oxygen atoms in total. The predicted molar refractivity (Wildman–Crippen MR) is 75.0 cm³/mol. The maximum Gasteiger partial charge on any atom is 0.339 e. The molecule has 0 spiro atoms. The summed E-state index contributed by atoms with van der Waals surface area (Å²) in [6, 6.07) is 4.32. The zero-order chi connectivity index (χ0) is 15.4. The topological polar surface area (TPSA) is 81.8 Å². The van der Waals surface area contributed by atoms with Crippen LogP contribution in [0.3, 0.4) is 0 Å². The van der Waals surface area contributed by atoms with Crippen LogP contribution in [0.15, 0.2) is 22.7 Å². The minimum absolute atomic E-state index is 0.00878. The summed E-state index contributed by atoms with van der Waals surface area (Å²) in [7, 11) is 1.53. The molecule has 0 atom stereocenters. The maximum atomic E-state index is 11.2. The van der Waals surface area contributed by atoms with E-state index < -0.39 is 5.97 Å². The molecule has 0 fully saturated rings. The van der Waals surface area contributed by atoms with Gasteiger partial charge in [0.25, 0.3) is 0 Å². The van der Waals surface area contributed by atoms with Gasteiger partial charge >= 0.3 is 5.97 Å². The SMILES string of the molecule is COCc1cc(COc2c(Cl)cc(Cl)cc2C(=O)O)no1. The summed E-state index contributed by atoms with van der Waals surface area (Å²) < 4.78 is 15.3. The van der Waals surface area contributed by atoms with Gasteiger partial charge in [-0.2, -0.15) is 0 Å². The van der Waals surface area contributed by atoms with Crippen LogP contribution < -0.4 is 4.74 Å². The molecule has 1 N–H and O–H groups in total. The molecule has 0 bridgehead atoms. The van der Waals surface area contributed by atoms with Gasteiger partial charge in [-0.25, -0.2) is 4.79 Å². The Morgan fingerprint density at radius 3 is 2.76 bits per heavy atom. The third-order valence-electron chi connectivity index (χ3n) is 2.50. The molecule has 2 aromatic rings. The number of aromatic carboxylic acids is 1. The summed E-state index contributed by atoms with van der Waals surface area (Å²) in [4.78, 5) is 11.2. The molecule has 0 aliphatic heterocycles. The van der Waals surface area contributed by atoms with Crippen LogP contribution >= 0.6 is 23.2 Å². The second kappa shape index (κ2) is 6.80. The highest BCUT2D eigenvalue weighted by atomic mass is 35.5. The van der Waals surface area contributed by atoms with Gasteiger partial charge in [0.1, 0.15) is 24.5 Å². The van der Waals surface area contributed by atoms with E-state index in [1.165, 1.54) is 19.2 Å². The number of hydrogen-bond acceptors (Lipinski definition) is 5. The fourth-order valence-electron chi connectivity index (χ4n) is 1.65. The standard InChI is InChI=1S/C13H11Cl2NO5/c1-19-6-9-4-8(16-21-9)5-20-12-10(13(17)18)2-7(14)3-11(12)15/h2-4H,5-6H2,1H3,(H,17,18). The number of rotatable bonds is 6. The Hall–Kier alpha value is -1.76. The molecule has 0 aliphatic carbocycles. The smallest absolute Gasteiger partial charge is 0.339 e. The largest absolute Gasteiger partial charge is 0.485 e. The number of ether oxygens (including phenoxy) is 2. The number of aromatic nitrogens is 1. The van der Waals surface area contributed by atoms with Gasteiger partial charge in [-0.3, -0.25) is 0 Å². The number of methoxy groups -OCH3 is 1. The summed E-state index contributed by atoms with van der Waals surface area (Å²) >= 11 is 11.7. The van der Waals surface area contributed by atoms with Gasteiger partial charge in [0.05, 0.1) is 5.02 Å². The van der Waals surface area contributed by atoms with Crippen molar-refractivity contribution in [3.63, 3.8) is 0 Å². The predicted octanol–water partition coefficient (Wildman–Crippen LogP) is 3.41. The van der Waals surface area contributed by atoms with E-state index in [4.69, 9.17) is 42.3 Å². The highest BCUT2D eigenvalue weighted by Gasteiger charge is 2.17. The average molecular weight is 332 g/mol. The van der Waals surface area contributed by atoms with Crippen LogP contribution in [0.25, 0.3) is 0 Å². The van der Waals surface area contributed by atoms with E-state index >= 15 is 0 Å². The first-order valence-corrected chi connectivity index (χ1v) is 6.55. The van der Waals surface area contributed by atoms with Crippen molar-refractivity contribution >= 4 is 29.2 Å². The van der Waals surface area contributed by atoms with Crippen molar-refractivity contribution in [1.82, 2.24) is 5.16 Å². The molecule has 8 heteroatoms. The number of nitrogens with zero attached hydrogens (tertiary/aromatic N) is 1. The van der Waals surface area contributed by atoms with Gasteiger partial charge in [-0.1, -0.05) is 28.4 Å². The Bertz CT molecular complexity index is 656. The molecular weight excluding hydrogens is 321 g/mol. The van der Waals surface area contributed by atoms with Gasteiger partial charge in [-0.05, 0) is 12.1 Å². The summed E-state index contributed by atoms with van der Waals surface area (Å²) in [5, 5.41) is 13.2. The number of carboxylic acid groups (broad SMARTS) is 1. The first-order valence-electron chi connectivity index (χ1n) is 5.79. The van der Waals surface area contributed by atoms with E-state index in [9.17, 15) is 4.79 Å². The quantitative estimate of drug-likeness (QED) is 0.873. The van der Waals surface area contributed by atoms with Gasteiger partial charge in [-0.15, -0.1) is 0 Å². The van der Waals surface area contributed by atoms with Crippen LogP contribution in [-0.4, -0.2) is 23.3 Å². The first-order chi connectivity index (χ1) is 10.0. The third kappa shape index (κ3) is 3.87. The van der Waals surface area contributed by atoms with E-state index in [1.54, 1.807) is 6.07 Å². The molecular formula is C13H11Cl2NO5. The van der Waals surface area contributed by atoms with Gasteiger partial charge in [0.2, 0.25) is 0 Å². The van der Waals surface area contributed by atoms with Crippen LogP contribution in [0.5, 0.6) is 5.75 Å². The van der Waals surface area contributed by atoms with Crippen LogP contribution in [0.4, 0.5) is 0 Å². The normalized spacial score (nSPS) is 10.6. The second-order valence-electron chi connectivity index (χ2n) is 4.08. The summed E-state index contributed by atoms with van der Waals surface area (Å²) in [5.41, 5.74) is 0.373. The molecule has 0 radical (unpaired) electrons. The first kappa shape index (κ1) is 15.6. The van der Waals surface area contributed by atoms with Gasteiger partial charge in [0.15, 0.2) is 11.5 Å². The summed E-state index contributed by atoms with van der Waals surface area (Å²) in [6.07, 6.45) is 0. The Kier molecular flexibility index (Phi) is 5.06. The van der Waals surface area contributed by atoms with E-state index in [2.05, 4.69) is 5.16 Å². The number of carboxylic acids is 1. The van der Waals surface area contributed by atoms with Crippen molar-refractivity contribution in [2.45, 2.75) is 13.2 Å². The van der Waals surface area contributed by atoms with Crippen molar-refractivity contribution in [2.75, 3.05) is 7.11 Å². The fraction of sp³-hybridized carbons (Fsp3) is 0.231. The van der Waals surface area contributed by atoms with Crippen molar-refractivity contribution in [2.24, 2.45) is 0 Å². The molecule has 0 amide bonds. The van der Waals surface area contributed by atoms with Crippen LogP contribution in [0, 0.1) is 0 Å². The number of hydrogen-bond donors (Lipinski definition) is 1. The lowest BCUT2D eigenvalue weighted by atomic mass is 10.2. The Balaban J connectivity index is 2.17. The highest BCUT2D eigenvalue weighted by molar-refractivity contribution is 6.36. The molecule has 21 heavy (non-hydrogen) atoms. The molecule has 0 saturated carbocycles. The van der Waals surface area contributed by atoms with Crippen molar-refractivity contribution < 1.29 is 23.9 Å². The van der Waals surface area contributed by atoms with Gasteiger partial charge < -0.3 is 19.1 Å². The minimum Gasteiger partial charge on any atom is -0.485 e. The van der Waals surface area contributed by atoms with Crippen molar-refractivity contribution in [3.8, 4) is 5.75 Å². The zero-order valence-electron chi connectivity index (χ0n) is 10.9. The van der Waals surface area contributed by atoms with Crippen molar-refractivity contribution in [3.05, 3.63) is 45.3 Å². The van der Waals surface area contributed by atoms with Crippen molar-refractivity contribution in [1.29, 1.82) is 0 Å². The molecule has 1 heterocycles. The molecule has 2 rings (SSSR count). The average Bonchev–Trinajstić information content (AvgIpc) is 2.85. The lowest BCUT2D eigenvalue weighted by Gasteiger charge is -2.10. The molecule has 1 aromatic heterocycles. The Morgan fingerprint density at radius 2 is 2.10 bits per heavy atom. The van der Waals surface area contributed by atoms with E-state index in [1.807, 2.05) is 0 Å². The lowest BCUT2D eigenvalue weighted by molar-refractivity contribution is 0.0691. The van der Waals surface area contributed by atoms with E-state index in [0.717, 1.165) is 0 Å². The number of halogens is 2. The lowest BCUT2D eigenvalue weighted by Crippen LogP contribution is -2.04. The van der Waals surface area contributed by atoms with Gasteiger partial charge in [0, 0.05) is 18.2 Å². The Labute approximate surface area is 130 Å². The van der Waals surface area contributed by atoms with Crippen LogP contribution in [0.2, 0.25) is 10.0 Å². The number of benzene rings is 1. The minimum atomic E-state index is -1.19. The van der Waals surface area contributed by atoms with Crippen LogP contribution in [-0.2, 0) is 18.0 Å². The zero-order valence-corrected chi connectivity index (χ0v) is 12.4. The van der Waals surface area contributed by atoms with E-state index in [-0.39, 0.29) is 34.6 Å². The molecule has 0 unspecified atom stereocenters. The maximum absolute atomic E-state index is 11.2. The molecule has 1 aromatic carbocycles. The molecule has 112 valence electrons. The van der Waals surface area contributed by atoms with E-state index in [0.29, 0.717) is 11.5 Å². The molecule has 0 saturated heterocycles. The highest BCUT2D eigenvalue weighted by Crippen LogP contribution is 2.33. The second-order valence-corrected chi connectivity index (χ2v) is 4.92. The summed E-state index contributed by atoms with van der Waals surface area (Å²) in [6.45, 7) is 0.296. The fourth-order valence-corrected chi connectivity index (χ4v) is 2.19. The monoisotopic (exact) mass is 331 g/mol. The third-order valence-corrected chi connectivity index (χ3v) is 3.00.